The predicted molar refractivity (Wildman–Crippen MR) is 80.8 cm³/mol. The summed E-state index contributed by atoms with van der Waals surface area (Å²) in [6.45, 7) is 3.90. The molecule has 1 amide bonds. The summed E-state index contributed by atoms with van der Waals surface area (Å²) in [5, 5.41) is 0. The number of thiophene rings is 1. The first-order valence-corrected chi connectivity index (χ1v) is 7.54. The smallest absolute Gasteiger partial charge is 0.227 e. The number of carbonyl (C=O) groups excluding carboxylic acids is 1. The van der Waals surface area contributed by atoms with Gasteiger partial charge in [-0.3, -0.25) is 4.79 Å². The van der Waals surface area contributed by atoms with E-state index in [4.69, 9.17) is 5.73 Å². The summed E-state index contributed by atoms with van der Waals surface area (Å²) in [5.41, 5.74) is 6.10. The molecule has 2 fully saturated rings. The Labute approximate surface area is 124 Å². The van der Waals surface area contributed by atoms with E-state index in [-0.39, 0.29) is 18.3 Å². The lowest BCUT2D eigenvalue weighted by Gasteiger charge is -2.18. The first kappa shape index (κ1) is 14.8. The number of hydrogen-bond acceptors (Lipinski definition) is 3. The van der Waals surface area contributed by atoms with Crippen LogP contribution in [-0.4, -0.2) is 29.9 Å². The van der Waals surface area contributed by atoms with Crippen molar-refractivity contribution in [3.8, 4) is 0 Å². The van der Waals surface area contributed by atoms with Gasteiger partial charge in [-0.15, -0.1) is 23.7 Å². The number of amides is 1. The lowest BCUT2D eigenvalue weighted by Crippen LogP contribution is -2.34. The topological polar surface area (TPSA) is 46.3 Å². The Morgan fingerprint density at radius 3 is 2.84 bits per heavy atom. The molecule has 5 heteroatoms. The van der Waals surface area contributed by atoms with Gasteiger partial charge in [-0.1, -0.05) is 0 Å². The van der Waals surface area contributed by atoms with Crippen LogP contribution in [0.3, 0.4) is 0 Å². The van der Waals surface area contributed by atoms with Crippen LogP contribution >= 0.6 is 23.7 Å². The molecule has 1 saturated carbocycles. The van der Waals surface area contributed by atoms with Crippen molar-refractivity contribution in [3.05, 3.63) is 21.9 Å². The molecule has 3 atom stereocenters. The van der Waals surface area contributed by atoms with Crippen LogP contribution in [0.1, 0.15) is 22.6 Å². The van der Waals surface area contributed by atoms with Crippen LogP contribution in [0.5, 0.6) is 0 Å². The van der Waals surface area contributed by atoms with Gasteiger partial charge in [0.25, 0.3) is 0 Å². The van der Waals surface area contributed by atoms with Gasteiger partial charge in [0.15, 0.2) is 0 Å². The Balaban J connectivity index is 0.00000133. The van der Waals surface area contributed by atoms with Crippen molar-refractivity contribution < 1.29 is 4.79 Å². The highest BCUT2D eigenvalue weighted by Crippen LogP contribution is 2.37. The normalized spacial score (nSPS) is 29.2. The molecule has 106 valence electrons. The molecule has 1 saturated heterocycles. The van der Waals surface area contributed by atoms with Crippen molar-refractivity contribution in [3.63, 3.8) is 0 Å². The van der Waals surface area contributed by atoms with Crippen LogP contribution in [-0.2, 0) is 11.2 Å². The van der Waals surface area contributed by atoms with Crippen molar-refractivity contribution in [2.75, 3.05) is 13.1 Å². The summed E-state index contributed by atoms with van der Waals surface area (Å²) < 4.78 is 0. The Hall–Kier alpha value is -0.580. The van der Waals surface area contributed by atoms with Crippen molar-refractivity contribution >= 4 is 29.7 Å². The average molecular weight is 301 g/mol. The maximum atomic E-state index is 12.3. The van der Waals surface area contributed by atoms with Gasteiger partial charge in [-0.05, 0) is 43.7 Å². The third-order valence-corrected chi connectivity index (χ3v) is 5.39. The monoisotopic (exact) mass is 300 g/mol. The van der Waals surface area contributed by atoms with Gasteiger partial charge < -0.3 is 10.6 Å². The van der Waals surface area contributed by atoms with Crippen LogP contribution in [0.15, 0.2) is 12.1 Å². The zero-order valence-electron chi connectivity index (χ0n) is 11.2. The highest BCUT2D eigenvalue weighted by molar-refractivity contribution is 7.12. The lowest BCUT2D eigenvalue weighted by molar-refractivity contribution is -0.129. The number of halogens is 1. The molecular formula is C14H21ClN2OS. The molecule has 3 unspecified atom stereocenters. The molecular weight excluding hydrogens is 280 g/mol. The predicted octanol–water partition coefficient (Wildman–Crippen LogP) is 2.22. The molecule has 0 spiro atoms. The van der Waals surface area contributed by atoms with E-state index in [1.54, 1.807) is 11.3 Å². The van der Waals surface area contributed by atoms with E-state index in [9.17, 15) is 4.79 Å². The number of hydrogen-bond donors (Lipinski definition) is 1. The minimum absolute atomic E-state index is 0. The maximum absolute atomic E-state index is 12.3. The van der Waals surface area contributed by atoms with Gasteiger partial charge in [0.1, 0.15) is 0 Å². The molecule has 0 aromatic carbocycles. The largest absolute Gasteiger partial charge is 0.342 e. The third kappa shape index (κ3) is 2.96. The Morgan fingerprint density at radius 1 is 1.42 bits per heavy atom. The number of carbonyl (C=O) groups is 1. The summed E-state index contributed by atoms with van der Waals surface area (Å²) in [6.07, 6.45) is 2.91. The first-order chi connectivity index (χ1) is 8.63. The Bertz CT molecular complexity index is 462. The van der Waals surface area contributed by atoms with Gasteiger partial charge in [0.2, 0.25) is 5.91 Å². The number of nitrogens with two attached hydrogens (primary N) is 1. The highest BCUT2D eigenvalue weighted by atomic mass is 35.5. The Morgan fingerprint density at radius 2 is 2.21 bits per heavy atom. The molecule has 3 nitrogen and oxygen atoms in total. The number of likely N-dealkylation sites (tertiary alicyclic amines) is 1. The zero-order valence-corrected chi connectivity index (χ0v) is 12.8. The summed E-state index contributed by atoms with van der Waals surface area (Å²) in [6, 6.07) is 4.47. The minimum Gasteiger partial charge on any atom is -0.342 e. The van der Waals surface area contributed by atoms with Crippen LogP contribution in [0, 0.1) is 18.8 Å². The number of fused-ring (bicyclic) bond motifs is 1. The second-order valence-electron chi connectivity index (χ2n) is 5.65. The number of rotatable bonds is 2. The molecule has 0 radical (unpaired) electrons. The van der Waals surface area contributed by atoms with Crippen LogP contribution in [0.25, 0.3) is 0 Å². The maximum Gasteiger partial charge on any atom is 0.227 e. The van der Waals surface area contributed by atoms with Crippen molar-refractivity contribution in [1.82, 2.24) is 4.90 Å². The lowest BCUT2D eigenvalue weighted by atomic mass is 9.98. The van der Waals surface area contributed by atoms with Crippen molar-refractivity contribution in [1.29, 1.82) is 0 Å². The molecule has 1 aliphatic carbocycles. The van der Waals surface area contributed by atoms with Gasteiger partial charge in [-0.25, -0.2) is 0 Å². The van der Waals surface area contributed by atoms with Gasteiger partial charge >= 0.3 is 0 Å². The highest BCUT2D eigenvalue weighted by Gasteiger charge is 2.42. The molecule has 2 N–H and O–H groups in total. The van der Waals surface area contributed by atoms with E-state index in [0.717, 1.165) is 19.5 Å². The molecule has 2 heterocycles. The molecule has 1 aromatic heterocycles. The second kappa shape index (κ2) is 5.81. The molecule has 2 aliphatic rings. The Kier molecular flexibility index (Phi) is 4.54. The van der Waals surface area contributed by atoms with E-state index < -0.39 is 0 Å². The molecule has 1 aromatic rings. The van der Waals surface area contributed by atoms with Crippen molar-refractivity contribution in [2.24, 2.45) is 17.6 Å². The molecule has 19 heavy (non-hydrogen) atoms. The fourth-order valence-electron chi connectivity index (χ4n) is 3.35. The van der Waals surface area contributed by atoms with Crippen LogP contribution < -0.4 is 5.73 Å². The second-order valence-corrected chi connectivity index (χ2v) is 7.03. The number of aryl methyl sites for hydroxylation is 1. The quantitative estimate of drug-likeness (QED) is 0.910. The van der Waals surface area contributed by atoms with E-state index in [2.05, 4.69) is 19.1 Å². The van der Waals surface area contributed by atoms with Crippen LogP contribution in [0.4, 0.5) is 0 Å². The van der Waals surface area contributed by atoms with Gasteiger partial charge in [0.05, 0.1) is 6.42 Å². The fraction of sp³-hybridized carbons (Fsp3) is 0.643. The minimum atomic E-state index is 0. The summed E-state index contributed by atoms with van der Waals surface area (Å²) >= 11 is 1.72. The third-order valence-electron chi connectivity index (χ3n) is 4.39. The standard InChI is InChI=1S/C14H20N2OS.ClH/c1-9-2-4-11(18-9)6-14(17)16-7-10-3-5-13(15)12(10)8-16;/h2,4,10,12-13H,3,5-8,15H2,1H3;1H. The zero-order chi connectivity index (χ0) is 12.7. The average Bonchev–Trinajstić information content (AvgIpc) is 2.98. The SMILES string of the molecule is Cc1ccc(CC(=O)N2CC3CCC(N)C3C2)s1.Cl. The van der Waals surface area contributed by atoms with Crippen molar-refractivity contribution in [2.45, 2.75) is 32.2 Å². The summed E-state index contributed by atoms with van der Waals surface area (Å²) in [7, 11) is 0. The van der Waals surface area contributed by atoms with Gasteiger partial charge in [0, 0.05) is 28.9 Å². The van der Waals surface area contributed by atoms with Crippen LogP contribution in [0.2, 0.25) is 0 Å². The van der Waals surface area contributed by atoms with E-state index in [1.165, 1.54) is 16.2 Å². The van der Waals surface area contributed by atoms with E-state index in [1.807, 2.05) is 4.90 Å². The van der Waals surface area contributed by atoms with E-state index in [0.29, 0.717) is 24.3 Å². The summed E-state index contributed by atoms with van der Waals surface area (Å²) in [5.74, 6) is 1.49. The molecule has 1 aliphatic heterocycles. The van der Waals surface area contributed by atoms with E-state index >= 15 is 0 Å². The van der Waals surface area contributed by atoms with Gasteiger partial charge in [-0.2, -0.15) is 0 Å². The molecule has 0 bridgehead atoms. The fourth-order valence-corrected chi connectivity index (χ4v) is 4.23. The summed E-state index contributed by atoms with van der Waals surface area (Å²) in [4.78, 5) is 16.7. The first-order valence-electron chi connectivity index (χ1n) is 6.72. The number of nitrogens with zero attached hydrogens (tertiary/aromatic N) is 1. The molecule has 3 rings (SSSR count).